The lowest BCUT2D eigenvalue weighted by Crippen LogP contribution is -2.65. The molecule has 0 spiro atoms. The van der Waals surface area contributed by atoms with Crippen molar-refractivity contribution in [2.45, 2.75) is 30.2 Å². The third kappa shape index (κ3) is 5.76. The first kappa shape index (κ1) is 23.3. The monoisotopic (exact) mass is 406 g/mol. The largest absolute Gasteiger partial charge is 0.464 e. The maximum Gasteiger partial charge on any atom is 0.256 e. The number of aliphatic hydroxyl groups is 1. The van der Waals surface area contributed by atoms with Crippen LogP contribution in [0.5, 0.6) is 0 Å². The molecule has 0 radical (unpaired) electrons. The lowest BCUT2D eigenvalue weighted by molar-refractivity contribution is -0.377. The van der Waals surface area contributed by atoms with Gasteiger partial charge in [-0.2, -0.15) is 0 Å². The van der Waals surface area contributed by atoms with Gasteiger partial charge in [-0.15, -0.1) is 26.3 Å². The molecule has 0 saturated carbocycles. The molecular weight excluding hydrogens is 376 g/mol. The van der Waals surface area contributed by atoms with Crippen LogP contribution in [0.15, 0.2) is 73.4 Å². The van der Waals surface area contributed by atoms with Gasteiger partial charge in [-0.25, -0.2) is 0 Å². The van der Waals surface area contributed by atoms with E-state index in [1.165, 1.54) is 6.26 Å². The first-order chi connectivity index (χ1) is 14.1. The van der Waals surface area contributed by atoms with Crippen LogP contribution in [0, 0.1) is 0 Å². The average molecular weight is 406 g/mol. The minimum Gasteiger partial charge on any atom is -0.464 e. The fourth-order valence-electron chi connectivity index (χ4n) is 3.17. The van der Waals surface area contributed by atoms with Crippen molar-refractivity contribution in [2.24, 2.45) is 0 Å². The van der Waals surface area contributed by atoms with E-state index < -0.39 is 30.2 Å². The summed E-state index contributed by atoms with van der Waals surface area (Å²) in [7, 11) is 0. The fourth-order valence-corrected chi connectivity index (χ4v) is 3.17. The Morgan fingerprint density at radius 1 is 0.931 bits per heavy atom. The summed E-state index contributed by atoms with van der Waals surface area (Å²) in [6.45, 7) is 15.8. The molecule has 7 heteroatoms. The van der Waals surface area contributed by atoms with Gasteiger partial charge >= 0.3 is 0 Å². The maximum atomic E-state index is 11.5. The Kier molecular flexibility index (Phi) is 9.53. The average Bonchev–Trinajstić information content (AvgIpc) is 3.26. The van der Waals surface area contributed by atoms with Crippen molar-refractivity contribution >= 4 is 0 Å². The molecule has 1 aliphatic rings. The number of furan rings is 1. The second kappa shape index (κ2) is 11.9. The predicted octanol–water partition coefficient (Wildman–Crippen LogP) is 2.74. The standard InChI is InChI=1S/C22H30O7/c1-5-11-24-16-17-19(26-12-6-2)20(27-13-7-3)21(28-14-8-4)22(23,29-17)18-10-9-15-25-18/h5-10,15,17,19-21,23H,1-4,11-14,16H2/t17-,19-,20+,21+,22?/m1/s1. The van der Waals surface area contributed by atoms with Crippen molar-refractivity contribution in [3.8, 4) is 0 Å². The zero-order valence-electron chi connectivity index (χ0n) is 16.6. The highest BCUT2D eigenvalue weighted by Crippen LogP contribution is 2.40. The molecule has 1 unspecified atom stereocenters. The van der Waals surface area contributed by atoms with Gasteiger partial charge in [0.05, 0.1) is 39.3 Å². The molecule has 29 heavy (non-hydrogen) atoms. The molecule has 1 N–H and O–H groups in total. The normalized spacial score (nSPS) is 29.3. The van der Waals surface area contributed by atoms with Crippen LogP contribution >= 0.6 is 0 Å². The van der Waals surface area contributed by atoms with Gasteiger partial charge < -0.3 is 33.2 Å². The van der Waals surface area contributed by atoms with E-state index in [9.17, 15) is 5.11 Å². The molecule has 1 fully saturated rings. The van der Waals surface area contributed by atoms with E-state index in [1.54, 1.807) is 36.4 Å². The topological polar surface area (TPSA) is 79.5 Å². The number of ether oxygens (including phenoxy) is 5. The fraction of sp³-hybridized carbons (Fsp3) is 0.455. The molecule has 0 aliphatic carbocycles. The van der Waals surface area contributed by atoms with Crippen molar-refractivity contribution in [2.75, 3.05) is 33.0 Å². The summed E-state index contributed by atoms with van der Waals surface area (Å²) in [4.78, 5) is 0. The van der Waals surface area contributed by atoms with Crippen molar-refractivity contribution in [1.29, 1.82) is 0 Å². The minimum absolute atomic E-state index is 0.138. The van der Waals surface area contributed by atoms with E-state index in [-0.39, 0.29) is 32.2 Å². The van der Waals surface area contributed by atoms with E-state index in [4.69, 9.17) is 28.1 Å². The number of rotatable bonds is 14. The molecule has 0 amide bonds. The first-order valence-corrected chi connectivity index (χ1v) is 9.42. The van der Waals surface area contributed by atoms with Crippen LogP contribution in [0.1, 0.15) is 5.76 Å². The molecule has 1 aromatic rings. The summed E-state index contributed by atoms with van der Waals surface area (Å²) in [6.07, 6.45) is 4.93. The number of hydrogen-bond donors (Lipinski definition) is 1. The summed E-state index contributed by atoms with van der Waals surface area (Å²) < 4.78 is 34.9. The highest BCUT2D eigenvalue weighted by Gasteiger charge is 2.58. The highest BCUT2D eigenvalue weighted by atomic mass is 16.7. The summed E-state index contributed by atoms with van der Waals surface area (Å²) in [5.74, 6) is -1.73. The first-order valence-electron chi connectivity index (χ1n) is 9.42. The van der Waals surface area contributed by atoms with Crippen LogP contribution in [0.3, 0.4) is 0 Å². The molecular formula is C22H30O7. The van der Waals surface area contributed by atoms with Crippen molar-refractivity contribution in [3.63, 3.8) is 0 Å². The van der Waals surface area contributed by atoms with Gasteiger partial charge in [0.2, 0.25) is 0 Å². The molecule has 1 aliphatic heterocycles. The van der Waals surface area contributed by atoms with Gasteiger partial charge in [0, 0.05) is 0 Å². The van der Waals surface area contributed by atoms with Crippen molar-refractivity contribution in [3.05, 3.63) is 74.8 Å². The summed E-state index contributed by atoms with van der Waals surface area (Å²) in [5, 5.41) is 11.5. The van der Waals surface area contributed by atoms with Crippen LogP contribution < -0.4 is 0 Å². The van der Waals surface area contributed by atoms with Gasteiger partial charge in [0.15, 0.2) is 5.76 Å². The zero-order chi connectivity index (χ0) is 21.1. The molecule has 2 rings (SSSR count). The van der Waals surface area contributed by atoms with Crippen molar-refractivity contribution in [1.82, 2.24) is 0 Å². The molecule has 7 nitrogen and oxygen atoms in total. The Morgan fingerprint density at radius 3 is 2.14 bits per heavy atom. The smallest absolute Gasteiger partial charge is 0.256 e. The van der Waals surface area contributed by atoms with E-state index >= 15 is 0 Å². The second-order valence-electron chi connectivity index (χ2n) is 6.37. The van der Waals surface area contributed by atoms with E-state index in [2.05, 4.69) is 26.3 Å². The Balaban J connectivity index is 2.43. The quantitative estimate of drug-likeness (QED) is 0.376. The van der Waals surface area contributed by atoms with Gasteiger partial charge in [0.25, 0.3) is 5.79 Å². The van der Waals surface area contributed by atoms with Gasteiger partial charge in [-0.3, -0.25) is 0 Å². The van der Waals surface area contributed by atoms with Crippen LogP contribution in [0.2, 0.25) is 0 Å². The Labute approximate surface area is 171 Å². The Bertz CT molecular complexity index is 642. The minimum atomic E-state index is -1.92. The molecule has 1 saturated heterocycles. The van der Waals surface area contributed by atoms with Gasteiger partial charge in [-0.05, 0) is 12.1 Å². The molecule has 160 valence electrons. The predicted molar refractivity (Wildman–Crippen MR) is 108 cm³/mol. The molecule has 0 bridgehead atoms. The van der Waals surface area contributed by atoms with Gasteiger partial charge in [-0.1, -0.05) is 24.3 Å². The van der Waals surface area contributed by atoms with E-state index in [0.717, 1.165) is 0 Å². The summed E-state index contributed by atoms with van der Waals surface area (Å²) >= 11 is 0. The van der Waals surface area contributed by atoms with Crippen LogP contribution in [-0.2, 0) is 29.5 Å². The second-order valence-corrected chi connectivity index (χ2v) is 6.37. The molecule has 2 heterocycles. The Hall–Kier alpha value is -2.00. The zero-order valence-corrected chi connectivity index (χ0v) is 16.6. The van der Waals surface area contributed by atoms with E-state index in [0.29, 0.717) is 6.61 Å². The van der Waals surface area contributed by atoms with Gasteiger partial charge in [0.1, 0.15) is 24.4 Å². The van der Waals surface area contributed by atoms with Crippen LogP contribution in [0.4, 0.5) is 0 Å². The third-order valence-electron chi connectivity index (χ3n) is 4.30. The lowest BCUT2D eigenvalue weighted by atomic mass is 9.90. The van der Waals surface area contributed by atoms with Crippen LogP contribution in [-0.4, -0.2) is 62.6 Å². The van der Waals surface area contributed by atoms with Crippen molar-refractivity contribution < 1.29 is 33.2 Å². The lowest BCUT2D eigenvalue weighted by Gasteiger charge is -2.49. The highest BCUT2D eigenvalue weighted by molar-refractivity contribution is 5.13. The van der Waals surface area contributed by atoms with E-state index in [1.807, 2.05) is 0 Å². The number of hydrogen-bond acceptors (Lipinski definition) is 7. The Morgan fingerprint density at radius 2 is 1.55 bits per heavy atom. The third-order valence-corrected chi connectivity index (χ3v) is 4.30. The van der Waals surface area contributed by atoms with Crippen LogP contribution in [0.25, 0.3) is 0 Å². The summed E-state index contributed by atoms with van der Waals surface area (Å²) in [6, 6.07) is 3.27. The molecule has 0 aromatic carbocycles. The maximum absolute atomic E-state index is 11.5. The molecule has 5 atom stereocenters. The molecule has 1 aromatic heterocycles. The SMILES string of the molecule is C=CCOC[C@H]1OC(O)(c2ccco2)[C@@H](OCC=C)[C@@H](OCC=C)[C@@H]1OCC=C. The summed E-state index contributed by atoms with van der Waals surface area (Å²) in [5.41, 5.74) is 0.